The van der Waals surface area contributed by atoms with Gasteiger partial charge in [0.15, 0.2) is 0 Å². The lowest BCUT2D eigenvalue weighted by molar-refractivity contribution is -0.0494. The van der Waals surface area contributed by atoms with Gasteiger partial charge < -0.3 is 14.2 Å². The fourth-order valence-corrected chi connectivity index (χ4v) is 3.26. The van der Waals surface area contributed by atoms with Crippen molar-refractivity contribution in [2.45, 2.75) is 64.6 Å². The Kier molecular flexibility index (Phi) is 4.68. The van der Waals surface area contributed by atoms with Crippen LogP contribution in [-0.4, -0.2) is 48.1 Å². The Bertz CT molecular complexity index is 695. The third kappa shape index (κ3) is 3.51. The predicted molar refractivity (Wildman–Crippen MR) is 97.0 cm³/mol. The smallest absolute Gasteiger partial charge is 0.399 e. The number of benzene rings is 1. The molecule has 0 spiro atoms. The van der Waals surface area contributed by atoms with Gasteiger partial charge in [0.2, 0.25) is 0 Å². The summed E-state index contributed by atoms with van der Waals surface area (Å²) in [7, 11) is -0.488. The highest BCUT2D eigenvalue weighted by Crippen LogP contribution is 2.36. The Morgan fingerprint density at radius 2 is 1.62 bits per heavy atom. The van der Waals surface area contributed by atoms with Gasteiger partial charge in [-0.25, -0.2) is 8.78 Å². The monoisotopic (exact) mass is 365 g/mol. The van der Waals surface area contributed by atoms with E-state index >= 15 is 0 Å². The number of piperidine rings is 1. The van der Waals surface area contributed by atoms with E-state index in [1.165, 1.54) is 4.90 Å². The quantitative estimate of drug-likeness (QED) is 0.756. The fourth-order valence-electron chi connectivity index (χ4n) is 3.26. The maximum absolute atomic E-state index is 13.3. The first-order valence-electron chi connectivity index (χ1n) is 9.05. The van der Waals surface area contributed by atoms with Gasteiger partial charge in [-0.1, -0.05) is 11.6 Å². The van der Waals surface area contributed by atoms with Gasteiger partial charge in [-0.2, -0.15) is 0 Å². The molecular weight excluding hydrogens is 339 g/mol. The zero-order valence-corrected chi connectivity index (χ0v) is 16.1. The summed E-state index contributed by atoms with van der Waals surface area (Å²) in [6.45, 7) is 10.0. The largest absolute Gasteiger partial charge is 0.495 e. The number of carbonyl (C=O) groups is 1. The number of hydrogen-bond donors (Lipinski definition) is 0. The van der Waals surface area contributed by atoms with Crippen LogP contribution in [0.4, 0.5) is 8.78 Å². The van der Waals surface area contributed by atoms with E-state index in [1.54, 1.807) is 12.1 Å². The molecule has 0 unspecified atom stereocenters. The molecule has 0 bridgehead atoms. The van der Waals surface area contributed by atoms with Gasteiger partial charge in [-0.15, -0.1) is 0 Å². The van der Waals surface area contributed by atoms with Crippen molar-refractivity contribution in [2.24, 2.45) is 0 Å². The number of rotatable bonds is 2. The average molecular weight is 365 g/mol. The summed E-state index contributed by atoms with van der Waals surface area (Å²) in [4.78, 5) is 14.1. The van der Waals surface area contributed by atoms with E-state index in [2.05, 4.69) is 0 Å². The second-order valence-corrected chi connectivity index (χ2v) is 8.31. The van der Waals surface area contributed by atoms with Crippen LogP contribution in [-0.2, 0) is 9.31 Å². The molecule has 7 heteroatoms. The van der Waals surface area contributed by atoms with Crippen LogP contribution in [0, 0.1) is 6.92 Å². The molecule has 142 valence electrons. The van der Waals surface area contributed by atoms with Crippen molar-refractivity contribution >= 4 is 18.5 Å². The van der Waals surface area contributed by atoms with Crippen molar-refractivity contribution in [3.63, 3.8) is 0 Å². The molecule has 2 aliphatic rings. The normalized spacial score (nSPS) is 24.0. The first kappa shape index (κ1) is 19.3. The van der Waals surface area contributed by atoms with Crippen molar-refractivity contribution in [3.05, 3.63) is 29.3 Å². The summed E-state index contributed by atoms with van der Waals surface area (Å²) in [6, 6.07) is 5.35. The Balaban J connectivity index is 1.75. The average Bonchev–Trinajstić information content (AvgIpc) is 2.74. The molecule has 2 aliphatic heterocycles. The SMILES string of the molecule is Cc1cc(C(=O)N2CCC(F)(F)CC2)ccc1B1OC(C)(C)C(C)(C)O1. The van der Waals surface area contributed by atoms with Gasteiger partial charge in [0, 0.05) is 31.5 Å². The molecule has 0 atom stereocenters. The summed E-state index contributed by atoms with van der Waals surface area (Å²) < 4.78 is 38.7. The van der Waals surface area contributed by atoms with Crippen molar-refractivity contribution in [2.75, 3.05) is 13.1 Å². The molecule has 1 aromatic rings. The summed E-state index contributed by atoms with van der Waals surface area (Å²) >= 11 is 0. The van der Waals surface area contributed by atoms with Crippen LogP contribution in [0.1, 0.15) is 56.5 Å². The molecule has 2 fully saturated rings. The van der Waals surface area contributed by atoms with E-state index in [9.17, 15) is 13.6 Å². The first-order chi connectivity index (χ1) is 11.9. The number of nitrogens with zero attached hydrogens (tertiary/aromatic N) is 1. The first-order valence-corrected chi connectivity index (χ1v) is 9.05. The van der Waals surface area contributed by atoms with Gasteiger partial charge in [-0.3, -0.25) is 4.79 Å². The van der Waals surface area contributed by atoms with Gasteiger partial charge in [0.05, 0.1) is 11.2 Å². The van der Waals surface area contributed by atoms with Crippen molar-refractivity contribution < 1.29 is 22.9 Å². The predicted octanol–water partition coefficient (Wildman–Crippen LogP) is 3.17. The van der Waals surface area contributed by atoms with Gasteiger partial charge in [-0.05, 0) is 52.2 Å². The summed E-state index contributed by atoms with van der Waals surface area (Å²) in [5.41, 5.74) is 1.41. The zero-order chi connectivity index (χ0) is 19.3. The van der Waals surface area contributed by atoms with E-state index in [-0.39, 0.29) is 31.8 Å². The van der Waals surface area contributed by atoms with Crippen LogP contribution < -0.4 is 5.46 Å². The van der Waals surface area contributed by atoms with Gasteiger partial charge in [0.1, 0.15) is 0 Å². The highest BCUT2D eigenvalue weighted by molar-refractivity contribution is 6.62. The summed E-state index contributed by atoms with van der Waals surface area (Å²) in [5, 5.41) is 0. The maximum atomic E-state index is 13.3. The Hall–Kier alpha value is -1.47. The highest BCUT2D eigenvalue weighted by Gasteiger charge is 2.52. The number of hydrogen-bond acceptors (Lipinski definition) is 3. The Morgan fingerprint density at radius 3 is 2.12 bits per heavy atom. The van der Waals surface area contributed by atoms with Gasteiger partial charge >= 0.3 is 7.12 Å². The molecule has 0 N–H and O–H groups in total. The van der Waals surface area contributed by atoms with Crippen molar-refractivity contribution in [1.29, 1.82) is 0 Å². The lowest BCUT2D eigenvalue weighted by Crippen LogP contribution is -2.43. The maximum Gasteiger partial charge on any atom is 0.495 e. The van der Waals surface area contributed by atoms with E-state index < -0.39 is 24.2 Å². The molecule has 0 radical (unpaired) electrons. The molecular formula is C19H26BF2NO3. The molecule has 3 rings (SSSR count). The highest BCUT2D eigenvalue weighted by atomic mass is 19.3. The lowest BCUT2D eigenvalue weighted by atomic mass is 9.76. The third-order valence-corrected chi connectivity index (χ3v) is 5.81. The summed E-state index contributed by atoms with van der Waals surface area (Å²) in [5.74, 6) is -2.86. The second kappa shape index (κ2) is 6.31. The molecule has 2 saturated heterocycles. The van der Waals surface area contributed by atoms with Gasteiger partial charge in [0.25, 0.3) is 11.8 Å². The molecule has 0 aromatic heterocycles. The van der Waals surface area contributed by atoms with E-state index in [0.29, 0.717) is 5.56 Å². The summed E-state index contributed by atoms with van der Waals surface area (Å²) in [6.07, 6.45) is -0.548. The molecule has 0 aliphatic carbocycles. The molecule has 1 aromatic carbocycles. The van der Waals surface area contributed by atoms with Crippen LogP contribution in [0.3, 0.4) is 0 Å². The van der Waals surface area contributed by atoms with Crippen molar-refractivity contribution in [1.82, 2.24) is 4.90 Å². The van der Waals surface area contributed by atoms with E-state index in [4.69, 9.17) is 9.31 Å². The topological polar surface area (TPSA) is 38.8 Å². The van der Waals surface area contributed by atoms with Crippen LogP contribution in [0.15, 0.2) is 18.2 Å². The molecule has 1 amide bonds. The molecule has 26 heavy (non-hydrogen) atoms. The van der Waals surface area contributed by atoms with Crippen LogP contribution >= 0.6 is 0 Å². The van der Waals surface area contributed by atoms with Crippen LogP contribution in [0.2, 0.25) is 0 Å². The minimum absolute atomic E-state index is 0.0872. The minimum atomic E-state index is -2.66. The fraction of sp³-hybridized carbons (Fsp3) is 0.632. The lowest BCUT2D eigenvalue weighted by Gasteiger charge is -2.32. The minimum Gasteiger partial charge on any atom is -0.399 e. The number of carbonyl (C=O) groups excluding carboxylic acids is 1. The zero-order valence-electron chi connectivity index (χ0n) is 16.1. The third-order valence-electron chi connectivity index (χ3n) is 5.81. The second-order valence-electron chi connectivity index (χ2n) is 8.31. The Morgan fingerprint density at radius 1 is 1.08 bits per heavy atom. The number of likely N-dealkylation sites (tertiary alicyclic amines) is 1. The van der Waals surface area contributed by atoms with Crippen LogP contribution in [0.5, 0.6) is 0 Å². The van der Waals surface area contributed by atoms with Crippen molar-refractivity contribution in [3.8, 4) is 0 Å². The van der Waals surface area contributed by atoms with E-state index in [0.717, 1.165) is 11.0 Å². The number of halogens is 2. The van der Waals surface area contributed by atoms with E-state index in [1.807, 2.05) is 40.7 Å². The number of amides is 1. The number of aryl methyl sites for hydroxylation is 1. The van der Waals surface area contributed by atoms with Crippen LogP contribution in [0.25, 0.3) is 0 Å². The molecule has 4 nitrogen and oxygen atoms in total. The Labute approximate surface area is 154 Å². The molecule has 0 saturated carbocycles. The number of alkyl halides is 2. The standard InChI is InChI=1S/C19H26BF2NO3/c1-13-12-14(16(24)23-10-8-19(21,22)9-11-23)6-7-15(13)20-25-17(2,3)18(4,5)26-20/h6-7,12H,8-11H2,1-5H3. The molecule has 2 heterocycles.